The zero-order valence-electron chi connectivity index (χ0n) is 18.3. The maximum absolute atomic E-state index is 12.8. The van der Waals surface area contributed by atoms with E-state index in [1.54, 1.807) is 23.2 Å². The highest BCUT2D eigenvalue weighted by molar-refractivity contribution is 6.35. The molecule has 0 spiro atoms. The number of rotatable bonds is 5. The van der Waals surface area contributed by atoms with Crippen LogP contribution < -0.4 is 15.5 Å². The molecule has 2 aliphatic rings. The topological polar surface area (TPSA) is 90.5 Å². The minimum absolute atomic E-state index is 0.00281. The quantitative estimate of drug-likeness (QED) is 0.632. The molecule has 176 valence electrons. The molecular formula is C22H25Cl3N6O2. The molecule has 2 saturated heterocycles. The van der Waals surface area contributed by atoms with E-state index in [0.717, 1.165) is 5.56 Å². The van der Waals surface area contributed by atoms with Gasteiger partial charge in [0.2, 0.25) is 17.8 Å². The van der Waals surface area contributed by atoms with Gasteiger partial charge in [0.1, 0.15) is 11.1 Å². The minimum Gasteiger partial charge on any atom is -0.362 e. The molecule has 1 unspecified atom stereocenters. The Bertz CT molecular complexity index is 1070. The lowest BCUT2D eigenvalue weighted by molar-refractivity contribution is -0.135. The van der Waals surface area contributed by atoms with Gasteiger partial charge in [-0.15, -0.1) is 0 Å². The molecule has 1 aromatic carbocycles. The number of benzene rings is 1. The van der Waals surface area contributed by atoms with Crippen molar-refractivity contribution in [3.8, 4) is 0 Å². The van der Waals surface area contributed by atoms with E-state index in [2.05, 4.69) is 25.5 Å². The van der Waals surface area contributed by atoms with Gasteiger partial charge in [-0.2, -0.15) is 4.98 Å². The molecule has 0 saturated carbocycles. The van der Waals surface area contributed by atoms with Crippen molar-refractivity contribution >= 4 is 58.4 Å². The molecule has 2 fully saturated rings. The SMILES string of the molecule is CC(Nc1nc(N2CCN(C(=O)[C@H]3CCC(=O)N3)C[C@@H]2C)ncc1Cl)c1ccc(Cl)cc1Cl. The fraction of sp³-hybridized carbons (Fsp3) is 0.455. The zero-order chi connectivity index (χ0) is 23.7. The van der Waals surface area contributed by atoms with Crippen molar-refractivity contribution in [2.24, 2.45) is 0 Å². The average Bonchev–Trinajstić information content (AvgIpc) is 3.21. The Morgan fingerprint density at radius 2 is 2.03 bits per heavy atom. The van der Waals surface area contributed by atoms with E-state index in [1.807, 2.05) is 19.9 Å². The molecule has 0 radical (unpaired) electrons. The fourth-order valence-electron chi connectivity index (χ4n) is 4.21. The van der Waals surface area contributed by atoms with Crippen LogP contribution in [0.1, 0.15) is 38.3 Å². The summed E-state index contributed by atoms with van der Waals surface area (Å²) in [5.74, 6) is 0.939. The van der Waals surface area contributed by atoms with Crippen LogP contribution in [0.4, 0.5) is 11.8 Å². The van der Waals surface area contributed by atoms with Gasteiger partial charge in [-0.3, -0.25) is 9.59 Å². The lowest BCUT2D eigenvalue weighted by Gasteiger charge is -2.40. The van der Waals surface area contributed by atoms with Crippen molar-refractivity contribution < 1.29 is 9.59 Å². The summed E-state index contributed by atoms with van der Waals surface area (Å²) in [6.07, 6.45) is 2.53. The molecule has 2 aromatic rings. The van der Waals surface area contributed by atoms with Crippen molar-refractivity contribution in [2.75, 3.05) is 29.9 Å². The Labute approximate surface area is 207 Å². The van der Waals surface area contributed by atoms with Crippen molar-refractivity contribution in [1.82, 2.24) is 20.2 Å². The number of amides is 2. The van der Waals surface area contributed by atoms with Gasteiger partial charge in [0, 0.05) is 42.1 Å². The van der Waals surface area contributed by atoms with Crippen LogP contribution in [-0.4, -0.2) is 58.4 Å². The smallest absolute Gasteiger partial charge is 0.245 e. The molecule has 33 heavy (non-hydrogen) atoms. The van der Waals surface area contributed by atoms with Gasteiger partial charge < -0.3 is 20.4 Å². The van der Waals surface area contributed by atoms with E-state index in [-0.39, 0.29) is 23.9 Å². The van der Waals surface area contributed by atoms with Gasteiger partial charge in [-0.05, 0) is 38.0 Å². The summed E-state index contributed by atoms with van der Waals surface area (Å²) in [5.41, 5.74) is 0.872. The first kappa shape index (κ1) is 23.9. The van der Waals surface area contributed by atoms with E-state index >= 15 is 0 Å². The van der Waals surface area contributed by atoms with E-state index in [9.17, 15) is 9.59 Å². The second-order valence-corrected chi connectivity index (χ2v) is 9.63. The maximum Gasteiger partial charge on any atom is 0.245 e. The molecule has 0 bridgehead atoms. The van der Waals surface area contributed by atoms with Crippen LogP contribution in [0.25, 0.3) is 0 Å². The van der Waals surface area contributed by atoms with Crippen molar-refractivity contribution in [3.63, 3.8) is 0 Å². The average molecular weight is 512 g/mol. The van der Waals surface area contributed by atoms with Gasteiger partial charge in [0.05, 0.1) is 12.2 Å². The molecule has 1 aromatic heterocycles. The van der Waals surface area contributed by atoms with E-state index in [1.165, 1.54) is 0 Å². The number of piperazine rings is 1. The van der Waals surface area contributed by atoms with E-state index in [4.69, 9.17) is 34.8 Å². The lowest BCUT2D eigenvalue weighted by atomic mass is 10.1. The summed E-state index contributed by atoms with van der Waals surface area (Å²) >= 11 is 18.7. The predicted molar refractivity (Wildman–Crippen MR) is 130 cm³/mol. The Balaban J connectivity index is 1.45. The standard InChI is InChI=1S/C22H25Cl3N6O2/c1-12-11-30(21(33)18-5-6-19(32)28-18)7-8-31(12)22-26-10-17(25)20(29-22)27-13(2)15-4-3-14(23)9-16(15)24/h3-4,9-10,12-13,18H,5-8,11H2,1-2H3,(H,28,32)(H,26,27,29)/t12-,13?,18+/m0/s1. The normalized spacial score (nSPS) is 21.7. The number of carbonyl (C=O) groups excluding carboxylic acids is 2. The van der Waals surface area contributed by atoms with Gasteiger partial charge >= 0.3 is 0 Å². The fourth-order valence-corrected chi connectivity index (χ4v) is 4.93. The van der Waals surface area contributed by atoms with Crippen LogP contribution in [-0.2, 0) is 9.59 Å². The summed E-state index contributed by atoms with van der Waals surface area (Å²) in [6.45, 7) is 5.61. The second kappa shape index (κ2) is 9.91. The van der Waals surface area contributed by atoms with Crippen molar-refractivity contribution in [3.05, 3.63) is 45.0 Å². The maximum atomic E-state index is 12.8. The highest BCUT2D eigenvalue weighted by Gasteiger charge is 2.35. The number of carbonyl (C=O) groups is 2. The highest BCUT2D eigenvalue weighted by Crippen LogP contribution is 2.31. The first-order valence-electron chi connectivity index (χ1n) is 10.8. The van der Waals surface area contributed by atoms with Crippen LogP contribution in [0.3, 0.4) is 0 Å². The van der Waals surface area contributed by atoms with Gasteiger partial charge in [-0.1, -0.05) is 40.9 Å². The summed E-state index contributed by atoms with van der Waals surface area (Å²) < 4.78 is 0. The third kappa shape index (κ3) is 5.28. The third-order valence-corrected chi connectivity index (χ3v) is 6.84. The minimum atomic E-state index is -0.417. The molecule has 2 amide bonds. The summed E-state index contributed by atoms with van der Waals surface area (Å²) in [4.78, 5) is 37.2. The van der Waals surface area contributed by atoms with Crippen LogP contribution in [0, 0.1) is 0 Å². The van der Waals surface area contributed by atoms with Crippen molar-refractivity contribution in [2.45, 2.75) is 44.8 Å². The Morgan fingerprint density at radius 3 is 2.70 bits per heavy atom. The predicted octanol–water partition coefficient (Wildman–Crippen LogP) is 3.93. The van der Waals surface area contributed by atoms with E-state index < -0.39 is 6.04 Å². The summed E-state index contributed by atoms with van der Waals surface area (Å²) in [7, 11) is 0. The van der Waals surface area contributed by atoms with Crippen LogP contribution >= 0.6 is 34.8 Å². The van der Waals surface area contributed by atoms with Crippen LogP contribution in [0.15, 0.2) is 24.4 Å². The molecule has 0 aliphatic carbocycles. The van der Waals surface area contributed by atoms with Crippen LogP contribution in [0.2, 0.25) is 15.1 Å². The van der Waals surface area contributed by atoms with Gasteiger partial charge in [0.15, 0.2) is 5.82 Å². The van der Waals surface area contributed by atoms with E-state index in [0.29, 0.717) is 59.3 Å². The number of anilines is 2. The molecule has 3 heterocycles. The second-order valence-electron chi connectivity index (χ2n) is 8.38. The van der Waals surface area contributed by atoms with Crippen molar-refractivity contribution in [1.29, 1.82) is 0 Å². The largest absolute Gasteiger partial charge is 0.362 e. The number of nitrogens with zero attached hydrogens (tertiary/aromatic N) is 4. The van der Waals surface area contributed by atoms with Gasteiger partial charge in [0.25, 0.3) is 0 Å². The zero-order valence-corrected chi connectivity index (χ0v) is 20.6. The summed E-state index contributed by atoms with van der Waals surface area (Å²) in [5, 5.41) is 7.58. The number of nitrogens with one attached hydrogen (secondary N) is 2. The molecule has 2 aliphatic heterocycles. The Kier molecular flexibility index (Phi) is 7.16. The molecule has 2 N–H and O–H groups in total. The molecule has 4 rings (SSSR count). The Morgan fingerprint density at radius 1 is 1.24 bits per heavy atom. The third-order valence-electron chi connectivity index (χ3n) is 6.00. The van der Waals surface area contributed by atoms with Crippen LogP contribution in [0.5, 0.6) is 0 Å². The molecule has 11 heteroatoms. The highest BCUT2D eigenvalue weighted by atomic mass is 35.5. The number of aromatic nitrogens is 2. The number of hydrogen-bond donors (Lipinski definition) is 2. The monoisotopic (exact) mass is 510 g/mol. The first-order chi connectivity index (χ1) is 15.7. The Hall–Kier alpha value is -2.29. The first-order valence-corrected chi connectivity index (χ1v) is 11.9. The lowest BCUT2D eigenvalue weighted by Crippen LogP contribution is -2.57. The number of hydrogen-bond acceptors (Lipinski definition) is 6. The molecule has 3 atom stereocenters. The molecular weight excluding hydrogens is 487 g/mol. The number of halogens is 3. The molecule has 8 nitrogen and oxygen atoms in total. The summed E-state index contributed by atoms with van der Waals surface area (Å²) in [6, 6.07) is 4.76. The van der Waals surface area contributed by atoms with Gasteiger partial charge in [-0.25, -0.2) is 4.98 Å².